The standard InChI is InChI=1S/C26H23FN4O3/c27-18-10-11-20(22(16-18)31-12-14-34-15-13-31)25(32)30-24-26(33)28-21-9-5-4-8-19(21)23(29-24)17-6-2-1-3-7-17/h1-11,16,24H,12-15H2,(H,28,33)(H,30,32). The largest absolute Gasteiger partial charge is 0.378 e. The molecule has 0 spiro atoms. The molecule has 8 heteroatoms. The second-order valence-corrected chi connectivity index (χ2v) is 8.02. The van der Waals surface area contributed by atoms with Gasteiger partial charge >= 0.3 is 0 Å². The number of nitrogens with zero attached hydrogens (tertiary/aromatic N) is 2. The third kappa shape index (κ3) is 4.40. The first-order valence-electron chi connectivity index (χ1n) is 11.1. The molecule has 0 aliphatic carbocycles. The molecular weight excluding hydrogens is 435 g/mol. The fourth-order valence-corrected chi connectivity index (χ4v) is 4.15. The lowest BCUT2D eigenvalue weighted by atomic mass is 10.0. The Hall–Kier alpha value is -4.04. The number of amides is 2. The lowest BCUT2D eigenvalue weighted by Crippen LogP contribution is -2.43. The Morgan fingerprint density at radius 1 is 1.03 bits per heavy atom. The van der Waals surface area contributed by atoms with Gasteiger partial charge in [0.25, 0.3) is 11.8 Å². The average molecular weight is 458 g/mol. The van der Waals surface area contributed by atoms with E-state index in [-0.39, 0.29) is 5.56 Å². The van der Waals surface area contributed by atoms with Crippen molar-refractivity contribution >= 4 is 28.9 Å². The number of benzodiazepines with no additional fused rings is 1. The fourth-order valence-electron chi connectivity index (χ4n) is 4.15. The maximum atomic E-state index is 14.1. The molecule has 2 heterocycles. The highest BCUT2D eigenvalue weighted by Crippen LogP contribution is 2.26. The molecule has 0 bridgehead atoms. The summed E-state index contributed by atoms with van der Waals surface area (Å²) in [5.41, 5.74) is 3.52. The Bertz CT molecular complexity index is 1260. The Balaban J connectivity index is 1.50. The number of hydrogen-bond donors (Lipinski definition) is 2. The molecule has 1 fully saturated rings. The minimum atomic E-state index is -1.17. The molecule has 172 valence electrons. The van der Waals surface area contributed by atoms with Gasteiger partial charge in [-0.05, 0) is 24.3 Å². The summed E-state index contributed by atoms with van der Waals surface area (Å²) in [6, 6.07) is 20.9. The fraction of sp³-hybridized carbons (Fsp3) is 0.192. The third-order valence-electron chi connectivity index (χ3n) is 5.82. The number of fused-ring (bicyclic) bond motifs is 1. The van der Waals surface area contributed by atoms with Crippen molar-refractivity contribution in [1.29, 1.82) is 0 Å². The van der Waals surface area contributed by atoms with Gasteiger partial charge in [-0.1, -0.05) is 48.5 Å². The van der Waals surface area contributed by atoms with E-state index in [0.717, 1.165) is 11.1 Å². The van der Waals surface area contributed by atoms with Crippen LogP contribution >= 0.6 is 0 Å². The SMILES string of the molecule is O=C(NC1N=C(c2ccccc2)c2ccccc2NC1=O)c1ccc(F)cc1N1CCOCC1. The van der Waals surface area contributed by atoms with Crippen molar-refractivity contribution < 1.29 is 18.7 Å². The van der Waals surface area contributed by atoms with Crippen LogP contribution in [-0.4, -0.2) is 50.0 Å². The van der Waals surface area contributed by atoms with Crippen LogP contribution in [0.4, 0.5) is 15.8 Å². The highest BCUT2D eigenvalue weighted by molar-refractivity contribution is 6.20. The second-order valence-electron chi connectivity index (χ2n) is 8.02. The smallest absolute Gasteiger partial charge is 0.269 e. The summed E-state index contributed by atoms with van der Waals surface area (Å²) in [4.78, 5) is 32.9. The predicted molar refractivity (Wildman–Crippen MR) is 128 cm³/mol. The number of ether oxygens (including phenoxy) is 1. The molecule has 3 aromatic carbocycles. The van der Waals surface area contributed by atoms with E-state index in [1.165, 1.54) is 18.2 Å². The van der Waals surface area contributed by atoms with Crippen LogP contribution in [0.1, 0.15) is 21.5 Å². The maximum Gasteiger partial charge on any atom is 0.269 e. The van der Waals surface area contributed by atoms with E-state index in [9.17, 15) is 14.0 Å². The Morgan fingerprint density at radius 3 is 2.56 bits per heavy atom. The van der Waals surface area contributed by atoms with Crippen LogP contribution in [0.15, 0.2) is 77.8 Å². The molecule has 2 aliphatic heterocycles. The average Bonchev–Trinajstić information content (AvgIpc) is 3.01. The molecule has 3 aromatic rings. The first kappa shape index (κ1) is 21.8. The van der Waals surface area contributed by atoms with Crippen molar-refractivity contribution in [3.8, 4) is 0 Å². The first-order chi connectivity index (χ1) is 16.6. The lowest BCUT2D eigenvalue weighted by Gasteiger charge is -2.30. The normalized spacial score (nSPS) is 17.8. The quantitative estimate of drug-likeness (QED) is 0.629. The van der Waals surface area contributed by atoms with Gasteiger partial charge in [0.15, 0.2) is 0 Å². The molecule has 1 saturated heterocycles. The van der Waals surface area contributed by atoms with Crippen LogP contribution < -0.4 is 15.5 Å². The third-order valence-corrected chi connectivity index (χ3v) is 5.82. The summed E-state index contributed by atoms with van der Waals surface area (Å²) in [6.07, 6.45) is -1.17. The molecule has 0 aromatic heterocycles. The summed E-state index contributed by atoms with van der Waals surface area (Å²) in [7, 11) is 0. The molecule has 2 aliphatic rings. The molecule has 1 atom stereocenters. The second kappa shape index (κ2) is 9.44. The number of para-hydroxylation sites is 1. The van der Waals surface area contributed by atoms with Crippen molar-refractivity contribution in [2.45, 2.75) is 6.17 Å². The van der Waals surface area contributed by atoms with Crippen LogP contribution in [0.3, 0.4) is 0 Å². The van der Waals surface area contributed by atoms with Crippen molar-refractivity contribution in [1.82, 2.24) is 5.32 Å². The van der Waals surface area contributed by atoms with Gasteiger partial charge in [0.1, 0.15) is 5.82 Å². The number of anilines is 2. The summed E-state index contributed by atoms with van der Waals surface area (Å²) in [5.74, 6) is -1.41. The number of hydrogen-bond acceptors (Lipinski definition) is 5. The summed E-state index contributed by atoms with van der Waals surface area (Å²) >= 11 is 0. The highest BCUT2D eigenvalue weighted by atomic mass is 19.1. The highest BCUT2D eigenvalue weighted by Gasteiger charge is 2.29. The number of rotatable bonds is 4. The van der Waals surface area contributed by atoms with E-state index in [0.29, 0.717) is 43.4 Å². The molecule has 0 radical (unpaired) electrons. The van der Waals surface area contributed by atoms with Crippen LogP contribution in [0.25, 0.3) is 0 Å². The Kier molecular flexibility index (Phi) is 6.05. The molecule has 34 heavy (non-hydrogen) atoms. The van der Waals surface area contributed by atoms with E-state index in [1.807, 2.05) is 53.4 Å². The van der Waals surface area contributed by atoms with E-state index < -0.39 is 23.8 Å². The molecule has 7 nitrogen and oxygen atoms in total. The number of carbonyl (C=O) groups is 2. The van der Waals surface area contributed by atoms with Gasteiger partial charge in [0.2, 0.25) is 6.17 Å². The first-order valence-corrected chi connectivity index (χ1v) is 11.1. The van der Waals surface area contributed by atoms with E-state index >= 15 is 0 Å². The molecule has 2 N–H and O–H groups in total. The minimum Gasteiger partial charge on any atom is -0.378 e. The maximum absolute atomic E-state index is 14.1. The molecule has 1 unspecified atom stereocenters. The molecule has 0 saturated carbocycles. The van der Waals surface area contributed by atoms with Gasteiger partial charge in [-0.2, -0.15) is 0 Å². The Morgan fingerprint density at radius 2 is 1.76 bits per heavy atom. The van der Waals surface area contributed by atoms with Crippen LogP contribution in [0, 0.1) is 5.82 Å². The number of halogens is 1. The summed E-state index contributed by atoms with van der Waals surface area (Å²) in [6.45, 7) is 2.07. The van der Waals surface area contributed by atoms with Gasteiger partial charge in [0, 0.05) is 24.2 Å². The lowest BCUT2D eigenvalue weighted by molar-refractivity contribution is -0.117. The number of carbonyl (C=O) groups excluding carboxylic acids is 2. The van der Waals surface area contributed by atoms with Gasteiger partial charge in [-0.15, -0.1) is 0 Å². The van der Waals surface area contributed by atoms with Crippen molar-refractivity contribution in [3.05, 3.63) is 95.3 Å². The van der Waals surface area contributed by atoms with Gasteiger partial charge in [-0.25, -0.2) is 9.38 Å². The summed E-state index contributed by atoms with van der Waals surface area (Å²) in [5, 5.41) is 5.60. The number of aliphatic imine (C=N–C) groups is 1. The Labute approximate surface area is 196 Å². The van der Waals surface area contributed by atoms with E-state index in [1.54, 1.807) is 6.07 Å². The van der Waals surface area contributed by atoms with Crippen molar-refractivity contribution in [2.24, 2.45) is 4.99 Å². The number of benzene rings is 3. The predicted octanol–water partition coefficient (Wildman–Crippen LogP) is 3.21. The monoisotopic (exact) mass is 458 g/mol. The van der Waals surface area contributed by atoms with Crippen LogP contribution in [-0.2, 0) is 9.53 Å². The summed E-state index contributed by atoms with van der Waals surface area (Å²) < 4.78 is 19.4. The van der Waals surface area contributed by atoms with E-state index in [2.05, 4.69) is 15.6 Å². The zero-order valence-electron chi connectivity index (χ0n) is 18.3. The minimum absolute atomic E-state index is 0.273. The van der Waals surface area contributed by atoms with Gasteiger partial charge in [0.05, 0.1) is 35.9 Å². The zero-order chi connectivity index (χ0) is 23.5. The van der Waals surface area contributed by atoms with Crippen LogP contribution in [0.5, 0.6) is 0 Å². The topological polar surface area (TPSA) is 83.0 Å². The van der Waals surface area contributed by atoms with Gasteiger partial charge in [-0.3, -0.25) is 9.59 Å². The van der Waals surface area contributed by atoms with Crippen LogP contribution in [0.2, 0.25) is 0 Å². The van der Waals surface area contributed by atoms with Gasteiger partial charge < -0.3 is 20.3 Å². The zero-order valence-corrected chi connectivity index (χ0v) is 18.3. The molecule has 2 amide bonds. The van der Waals surface area contributed by atoms with Crippen molar-refractivity contribution in [2.75, 3.05) is 36.5 Å². The molecular formula is C26H23FN4O3. The number of nitrogens with one attached hydrogen (secondary N) is 2. The molecule has 5 rings (SSSR count). The van der Waals surface area contributed by atoms with E-state index in [4.69, 9.17) is 4.74 Å². The number of morpholine rings is 1. The van der Waals surface area contributed by atoms with Crippen molar-refractivity contribution in [3.63, 3.8) is 0 Å².